The van der Waals surface area contributed by atoms with Crippen molar-refractivity contribution in [2.45, 2.75) is 36.1 Å². The van der Waals surface area contributed by atoms with Crippen LogP contribution in [0.15, 0.2) is 71.6 Å². The van der Waals surface area contributed by atoms with Gasteiger partial charge in [-0.3, -0.25) is 0 Å². The molecule has 3 aromatic carbocycles. The largest absolute Gasteiger partial charge is 0.416 e. The highest BCUT2D eigenvalue weighted by molar-refractivity contribution is 7.90. The molecule has 1 aliphatic carbocycles. The van der Waals surface area contributed by atoms with Gasteiger partial charge >= 0.3 is 6.18 Å². The molecule has 0 amide bonds. The molecule has 35 heavy (non-hydrogen) atoms. The lowest BCUT2D eigenvalue weighted by Crippen LogP contribution is -2.39. The maximum absolute atomic E-state index is 12.8. The normalized spacial score (nSPS) is 18.1. The maximum Gasteiger partial charge on any atom is 0.416 e. The van der Waals surface area contributed by atoms with Gasteiger partial charge < -0.3 is 16.2 Å². The summed E-state index contributed by atoms with van der Waals surface area (Å²) in [4.78, 5) is -0.0900. The predicted molar refractivity (Wildman–Crippen MR) is 129 cm³/mol. The molecule has 3 aromatic rings. The number of nitrogen functional groups attached to an aromatic ring is 1. The number of halogens is 3. The predicted octanol–water partition coefficient (Wildman–Crippen LogP) is 4.04. The summed E-state index contributed by atoms with van der Waals surface area (Å²) in [6.45, 7) is -0.0583. The van der Waals surface area contributed by atoms with Crippen molar-refractivity contribution in [3.05, 3.63) is 94.5 Å². The first-order valence-corrected chi connectivity index (χ1v) is 12.7. The summed E-state index contributed by atoms with van der Waals surface area (Å²) in [5.74, 6) is 0. The number of fused-ring (bicyclic) bond motifs is 2. The van der Waals surface area contributed by atoms with Crippen LogP contribution in [0.25, 0.3) is 0 Å². The fourth-order valence-corrected chi connectivity index (χ4v) is 5.38. The summed E-state index contributed by atoms with van der Waals surface area (Å²) in [7, 11) is -3.59. The Kier molecular flexibility index (Phi) is 7.18. The molecule has 3 atom stereocenters. The Balaban J connectivity index is 1.44. The Morgan fingerprint density at radius 1 is 1.00 bits per heavy atom. The van der Waals surface area contributed by atoms with Gasteiger partial charge in [-0.25, -0.2) is 13.7 Å². The number of nitrogens with two attached hydrogens (primary N) is 1. The highest BCUT2D eigenvalue weighted by Gasteiger charge is 2.30. The Labute approximate surface area is 202 Å². The zero-order valence-electron chi connectivity index (χ0n) is 18.8. The van der Waals surface area contributed by atoms with E-state index in [0.29, 0.717) is 5.69 Å². The number of alkyl halides is 3. The van der Waals surface area contributed by atoms with Crippen molar-refractivity contribution in [2.75, 3.05) is 18.8 Å². The van der Waals surface area contributed by atoms with Crippen LogP contribution < -0.4 is 15.8 Å². The molecule has 0 bridgehead atoms. The minimum atomic E-state index is -4.52. The molecule has 0 fully saturated rings. The SMILES string of the molecule is N=S(=O)(NCC(O)CNC1c2ccccc2CCc2ccc(N)cc21)c1ccc(C(F)(F)F)cc1. The first-order valence-electron chi connectivity index (χ1n) is 11.1. The highest BCUT2D eigenvalue weighted by Crippen LogP contribution is 2.34. The van der Waals surface area contributed by atoms with Crippen molar-refractivity contribution in [3.63, 3.8) is 0 Å². The molecular formula is C25H27F3N4O2S. The smallest absolute Gasteiger partial charge is 0.399 e. The molecule has 0 spiro atoms. The van der Waals surface area contributed by atoms with E-state index in [1.54, 1.807) is 0 Å². The highest BCUT2D eigenvalue weighted by atomic mass is 32.2. The van der Waals surface area contributed by atoms with Gasteiger partial charge in [0.25, 0.3) is 0 Å². The van der Waals surface area contributed by atoms with E-state index in [9.17, 15) is 22.5 Å². The molecular weight excluding hydrogens is 477 g/mol. The Hall–Kier alpha value is -2.92. The van der Waals surface area contributed by atoms with Gasteiger partial charge in [0.1, 0.15) is 9.92 Å². The quantitative estimate of drug-likeness (QED) is 0.313. The summed E-state index contributed by atoms with van der Waals surface area (Å²) in [6, 6.07) is 17.3. The van der Waals surface area contributed by atoms with Crippen LogP contribution >= 0.6 is 0 Å². The lowest BCUT2D eigenvalue weighted by Gasteiger charge is -2.24. The first kappa shape index (κ1) is 25.2. The standard InChI is InChI=1S/C25H27F3N4O2S/c26-25(27,28)18-8-11-21(12-9-18)35(30,34)32-15-20(33)14-31-24-22-4-2-1-3-16(22)5-6-17-7-10-19(29)13-23(17)24/h1-4,7-13,20,24,31,33H,5-6,14-15,29H2,(H2,30,32,34). The number of rotatable bonds is 7. The van der Waals surface area contributed by atoms with Gasteiger partial charge in [0.2, 0.25) is 0 Å². The van der Waals surface area contributed by atoms with Crippen molar-refractivity contribution >= 4 is 15.6 Å². The summed E-state index contributed by atoms with van der Waals surface area (Å²) in [5, 5.41) is 13.9. The van der Waals surface area contributed by atoms with Gasteiger partial charge in [0.05, 0.1) is 22.6 Å². The number of anilines is 1. The van der Waals surface area contributed by atoms with E-state index >= 15 is 0 Å². The lowest BCUT2D eigenvalue weighted by atomic mass is 9.94. The molecule has 0 radical (unpaired) electrons. The Bertz CT molecular complexity index is 1290. The van der Waals surface area contributed by atoms with Gasteiger partial charge in [-0.05, 0) is 71.5 Å². The van der Waals surface area contributed by atoms with E-state index in [1.165, 1.54) is 5.56 Å². The average molecular weight is 505 g/mol. The Morgan fingerprint density at radius 3 is 2.34 bits per heavy atom. The monoisotopic (exact) mass is 504 g/mol. The molecule has 0 heterocycles. The number of hydrogen-bond donors (Lipinski definition) is 5. The third-order valence-electron chi connectivity index (χ3n) is 6.10. The number of aryl methyl sites for hydroxylation is 2. The molecule has 4 rings (SSSR count). The molecule has 3 unspecified atom stereocenters. The number of hydrogen-bond acceptors (Lipinski definition) is 5. The van der Waals surface area contributed by atoms with E-state index in [4.69, 9.17) is 10.5 Å². The molecule has 10 heteroatoms. The van der Waals surface area contributed by atoms with Crippen LogP contribution in [0.4, 0.5) is 18.9 Å². The van der Waals surface area contributed by atoms with Crippen LogP contribution in [-0.4, -0.2) is 28.5 Å². The van der Waals surface area contributed by atoms with Crippen molar-refractivity contribution in [3.8, 4) is 0 Å². The summed E-state index contributed by atoms with van der Waals surface area (Å²) in [6.07, 6.45) is -3.78. The maximum atomic E-state index is 12.8. The second-order valence-corrected chi connectivity index (χ2v) is 10.5. The Morgan fingerprint density at radius 2 is 1.66 bits per heavy atom. The van der Waals surface area contributed by atoms with E-state index < -0.39 is 27.8 Å². The van der Waals surface area contributed by atoms with Crippen LogP contribution in [0, 0.1) is 4.78 Å². The van der Waals surface area contributed by atoms with Gasteiger partial charge in [0.15, 0.2) is 0 Å². The number of nitrogens with one attached hydrogen (secondary N) is 3. The van der Waals surface area contributed by atoms with Crippen molar-refractivity contribution in [1.82, 2.24) is 10.0 Å². The molecule has 1 aliphatic rings. The molecule has 0 saturated heterocycles. The van der Waals surface area contributed by atoms with Crippen LogP contribution in [0.1, 0.15) is 33.9 Å². The topological polar surface area (TPSA) is 111 Å². The fourth-order valence-electron chi connectivity index (χ4n) is 4.27. The van der Waals surface area contributed by atoms with Gasteiger partial charge in [-0.2, -0.15) is 13.2 Å². The molecule has 0 saturated carbocycles. The van der Waals surface area contributed by atoms with Gasteiger partial charge in [-0.1, -0.05) is 30.3 Å². The third-order valence-corrected chi connectivity index (χ3v) is 7.61. The number of aliphatic hydroxyl groups excluding tert-OH is 1. The number of benzene rings is 3. The minimum Gasteiger partial charge on any atom is -0.399 e. The van der Waals surface area contributed by atoms with Gasteiger partial charge in [0, 0.05) is 18.8 Å². The van der Waals surface area contributed by atoms with Crippen molar-refractivity contribution in [1.29, 1.82) is 4.78 Å². The summed E-state index contributed by atoms with van der Waals surface area (Å²) < 4.78 is 61.5. The van der Waals surface area contributed by atoms with Crippen LogP contribution in [-0.2, 0) is 28.9 Å². The third kappa shape index (κ3) is 5.84. The minimum absolute atomic E-state index is 0.0900. The molecule has 186 valence electrons. The molecule has 6 N–H and O–H groups in total. The van der Waals surface area contributed by atoms with E-state index in [0.717, 1.165) is 53.8 Å². The summed E-state index contributed by atoms with van der Waals surface area (Å²) >= 11 is 0. The summed E-state index contributed by atoms with van der Waals surface area (Å²) in [5.41, 5.74) is 10.3. The van der Waals surface area contributed by atoms with Crippen molar-refractivity contribution in [2.24, 2.45) is 0 Å². The zero-order valence-corrected chi connectivity index (χ0v) is 19.6. The van der Waals surface area contributed by atoms with Gasteiger partial charge in [-0.15, -0.1) is 0 Å². The molecule has 0 aliphatic heterocycles. The van der Waals surface area contributed by atoms with Crippen LogP contribution in [0.3, 0.4) is 0 Å². The van der Waals surface area contributed by atoms with Crippen molar-refractivity contribution < 1.29 is 22.5 Å². The lowest BCUT2D eigenvalue weighted by molar-refractivity contribution is -0.137. The zero-order chi connectivity index (χ0) is 25.2. The molecule has 0 aromatic heterocycles. The van der Waals surface area contributed by atoms with E-state index in [-0.39, 0.29) is 24.0 Å². The number of aliphatic hydroxyl groups is 1. The average Bonchev–Trinajstić information content (AvgIpc) is 2.97. The molecule has 6 nitrogen and oxygen atoms in total. The second-order valence-electron chi connectivity index (χ2n) is 8.58. The van der Waals surface area contributed by atoms with Crippen LogP contribution in [0.2, 0.25) is 0 Å². The van der Waals surface area contributed by atoms with E-state index in [1.807, 2.05) is 36.4 Å². The van der Waals surface area contributed by atoms with E-state index in [2.05, 4.69) is 16.1 Å². The fraction of sp³-hybridized carbons (Fsp3) is 0.280. The van der Waals surface area contributed by atoms with Crippen LogP contribution in [0.5, 0.6) is 0 Å². The first-order chi connectivity index (χ1) is 16.5. The second kappa shape index (κ2) is 9.98.